The van der Waals surface area contributed by atoms with Crippen LogP contribution in [0.1, 0.15) is 26.3 Å². The van der Waals surface area contributed by atoms with E-state index in [0.29, 0.717) is 10.6 Å². The van der Waals surface area contributed by atoms with Crippen molar-refractivity contribution < 1.29 is 13.2 Å². The Bertz CT molecular complexity index is 528. The van der Waals surface area contributed by atoms with Crippen molar-refractivity contribution in [1.82, 2.24) is 4.31 Å². The first-order valence-electron chi connectivity index (χ1n) is 5.71. The molecule has 0 fully saturated rings. The summed E-state index contributed by atoms with van der Waals surface area (Å²) >= 11 is 0. The Kier molecular flexibility index (Phi) is 4.08. The molecule has 0 atom stereocenters. The number of sulfonamides is 1. The second kappa shape index (κ2) is 4.90. The largest absolute Gasteiger partial charge is 0.496 e. The Balaban J connectivity index is 3.46. The standard InChI is InChI=1S/C13H21NO3S/c1-13(2,3)11-9-10(7-8-12(11)17-6)18(15,16)14(4)5/h7-9H,1-6H3. The molecule has 5 heteroatoms. The van der Waals surface area contributed by atoms with Gasteiger partial charge in [0.25, 0.3) is 0 Å². The molecule has 18 heavy (non-hydrogen) atoms. The number of methoxy groups -OCH3 is 1. The van der Waals surface area contributed by atoms with Gasteiger partial charge in [-0.15, -0.1) is 0 Å². The van der Waals surface area contributed by atoms with Gasteiger partial charge in [0.05, 0.1) is 12.0 Å². The van der Waals surface area contributed by atoms with E-state index in [1.54, 1.807) is 25.3 Å². The molecule has 102 valence electrons. The highest BCUT2D eigenvalue weighted by Gasteiger charge is 2.24. The van der Waals surface area contributed by atoms with E-state index in [4.69, 9.17) is 4.74 Å². The molecule has 0 saturated carbocycles. The Labute approximate surface area is 110 Å². The van der Waals surface area contributed by atoms with Gasteiger partial charge in [-0.2, -0.15) is 0 Å². The highest BCUT2D eigenvalue weighted by atomic mass is 32.2. The lowest BCUT2D eigenvalue weighted by Crippen LogP contribution is -2.23. The zero-order valence-electron chi connectivity index (χ0n) is 11.8. The molecule has 0 heterocycles. The van der Waals surface area contributed by atoms with Crippen molar-refractivity contribution in [3.05, 3.63) is 23.8 Å². The third-order valence-corrected chi connectivity index (χ3v) is 4.57. The highest BCUT2D eigenvalue weighted by Crippen LogP contribution is 2.33. The van der Waals surface area contributed by atoms with Crippen LogP contribution in [-0.2, 0) is 15.4 Å². The maximum absolute atomic E-state index is 12.1. The van der Waals surface area contributed by atoms with E-state index in [9.17, 15) is 8.42 Å². The van der Waals surface area contributed by atoms with Crippen LogP contribution in [-0.4, -0.2) is 33.9 Å². The summed E-state index contributed by atoms with van der Waals surface area (Å²) in [7, 11) is 1.23. The van der Waals surface area contributed by atoms with Crippen molar-refractivity contribution in [1.29, 1.82) is 0 Å². The van der Waals surface area contributed by atoms with Crippen LogP contribution < -0.4 is 4.74 Å². The lowest BCUT2D eigenvalue weighted by molar-refractivity contribution is 0.396. The normalized spacial score (nSPS) is 12.8. The highest BCUT2D eigenvalue weighted by molar-refractivity contribution is 7.89. The van der Waals surface area contributed by atoms with E-state index < -0.39 is 10.0 Å². The summed E-state index contributed by atoms with van der Waals surface area (Å²) in [4.78, 5) is 0.290. The molecule has 0 saturated heterocycles. The first-order chi connectivity index (χ1) is 8.10. The molecule has 0 aliphatic rings. The van der Waals surface area contributed by atoms with E-state index in [1.165, 1.54) is 18.4 Å². The minimum atomic E-state index is -3.41. The summed E-state index contributed by atoms with van der Waals surface area (Å²) in [5.74, 6) is 0.709. The lowest BCUT2D eigenvalue weighted by atomic mass is 9.86. The predicted molar refractivity (Wildman–Crippen MR) is 72.6 cm³/mol. The zero-order valence-corrected chi connectivity index (χ0v) is 12.6. The molecule has 1 rings (SSSR count). The summed E-state index contributed by atoms with van der Waals surface area (Å²) in [5.41, 5.74) is 0.705. The Morgan fingerprint density at radius 1 is 1.17 bits per heavy atom. The van der Waals surface area contributed by atoms with Gasteiger partial charge < -0.3 is 4.74 Å². The van der Waals surface area contributed by atoms with Crippen molar-refractivity contribution >= 4 is 10.0 Å². The van der Waals surface area contributed by atoms with Crippen molar-refractivity contribution in [3.63, 3.8) is 0 Å². The van der Waals surface area contributed by atoms with E-state index in [1.807, 2.05) is 20.8 Å². The summed E-state index contributed by atoms with van der Waals surface area (Å²) in [6.07, 6.45) is 0. The van der Waals surface area contributed by atoms with Crippen molar-refractivity contribution in [2.24, 2.45) is 0 Å². The van der Waals surface area contributed by atoms with Crippen LogP contribution in [0, 0.1) is 0 Å². The maximum Gasteiger partial charge on any atom is 0.242 e. The molecule has 0 aliphatic carbocycles. The number of nitrogens with zero attached hydrogens (tertiary/aromatic N) is 1. The van der Waals surface area contributed by atoms with Crippen LogP contribution in [0.3, 0.4) is 0 Å². The number of ether oxygens (including phenoxy) is 1. The van der Waals surface area contributed by atoms with Gasteiger partial charge in [-0.05, 0) is 23.6 Å². The summed E-state index contributed by atoms with van der Waals surface area (Å²) in [6, 6.07) is 4.97. The molecule has 1 aromatic rings. The molecule has 0 bridgehead atoms. The second-order valence-electron chi connectivity index (χ2n) is 5.40. The predicted octanol–water partition coefficient (Wildman–Crippen LogP) is 2.24. The van der Waals surface area contributed by atoms with Crippen LogP contribution in [0.5, 0.6) is 5.75 Å². The number of hydrogen-bond acceptors (Lipinski definition) is 3. The van der Waals surface area contributed by atoms with Crippen LogP contribution in [0.25, 0.3) is 0 Å². The van der Waals surface area contributed by atoms with Crippen molar-refractivity contribution in [3.8, 4) is 5.75 Å². The fourth-order valence-corrected chi connectivity index (χ4v) is 2.57. The molecule has 0 aromatic heterocycles. The first-order valence-corrected chi connectivity index (χ1v) is 7.15. The van der Waals surface area contributed by atoms with Crippen LogP contribution in [0.4, 0.5) is 0 Å². The van der Waals surface area contributed by atoms with Gasteiger partial charge in [-0.3, -0.25) is 0 Å². The monoisotopic (exact) mass is 271 g/mol. The Morgan fingerprint density at radius 2 is 1.72 bits per heavy atom. The van der Waals surface area contributed by atoms with Crippen molar-refractivity contribution in [2.75, 3.05) is 21.2 Å². The summed E-state index contributed by atoms with van der Waals surface area (Å²) < 4.78 is 30.7. The van der Waals surface area contributed by atoms with Crippen molar-refractivity contribution in [2.45, 2.75) is 31.1 Å². The minimum absolute atomic E-state index is 0.177. The van der Waals surface area contributed by atoms with Gasteiger partial charge in [-0.1, -0.05) is 20.8 Å². The Morgan fingerprint density at radius 3 is 2.11 bits per heavy atom. The molecule has 0 aliphatic heterocycles. The number of benzene rings is 1. The quantitative estimate of drug-likeness (QED) is 0.847. The maximum atomic E-state index is 12.1. The van der Waals surface area contributed by atoms with E-state index in [0.717, 1.165) is 5.56 Å². The van der Waals surface area contributed by atoms with Gasteiger partial charge in [0.1, 0.15) is 5.75 Å². The molecule has 1 aromatic carbocycles. The van der Waals surface area contributed by atoms with Crippen LogP contribution in [0.2, 0.25) is 0 Å². The molecule has 0 spiro atoms. The molecular formula is C13H21NO3S. The van der Waals surface area contributed by atoms with Gasteiger partial charge in [0.2, 0.25) is 10.0 Å². The van der Waals surface area contributed by atoms with Gasteiger partial charge in [0, 0.05) is 19.7 Å². The van der Waals surface area contributed by atoms with E-state index >= 15 is 0 Å². The lowest BCUT2D eigenvalue weighted by Gasteiger charge is -2.23. The minimum Gasteiger partial charge on any atom is -0.496 e. The summed E-state index contributed by atoms with van der Waals surface area (Å²) in [6.45, 7) is 6.07. The molecule has 0 amide bonds. The topological polar surface area (TPSA) is 46.6 Å². The average molecular weight is 271 g/mol. The van der Waals surface area contributed by atoms with Gasteiger partial charge >= 0.3 is 0 Å². The first kappa shape index (κ1) is 15.0. The molecule has 0 radical (unpaired) electrons. The van der Waals surface area contributed by atoms with Crippen LogP contribution >= 0.6 is 0 Å². The molecular weight excluding hydrogens is 250 g/mol. The van der Waals surface area contributed by atoms with Crippen LogP contribution in [0.15, 0.2) is 23.1 Å². The number of hydrogen-bond donors (Lipinski definition) is 0. The average Bonchev–Trinajstić information content (AvgIpc) is 2.26. The zero-order chi connectivity index (χ0) is 14.1. The molecule has 0 unspecified atom stereocenters. The SMILES string of the molecule is COc1ccc(S(=O)(=O)N(C)C)cc1C(C)(C)C. The van der Waals surface area contributed by atoms with E-state index in [2.05, 4.69) is 0 Å². The number of rotatable bonds is 3. The second-order valence-corrected chi connectivity index (χ2v) is 7.55. The Hall–Kier alpha value is -1.07. The van der Waals surface area contributed by atoms with Gasteiger partial charge in [-0.25, -0.2) is 12.7 Å². The molecule has 4 nitrogen and oxygen atoms in total. The molecule has 0 N–H and O–H groups in total. The van der Waals surface area contributed by atoms with Gasteiger partial charge in [0.15, 0.2) is 0 Å². The summed E-state index contributed by atoms with van der Waals surface area (Å²) in [5, 5.41) is 0. The van der Waals surface area contributed by atoms with E-state index in [-0.39, 0.29) is 5.41 Å². The fraction of sp³-hybridized carbons (Fsp3) is 0.538. The third kappa shape index (κ3) is 2.84. The fourth-order valence-electron chi connectivity index (χ4n) is 1.64. The smallest absolute Gasteiger partial charge is 0.242 e. The third-order valence-electron chi connectivity index (χ3n) is 2.76.